The van der Waals surface area contributed by atoms with Crippen molar-refractivity contribution in [2.45, 2.75) is 47.0 Å². The van der Waals surface area contributed by atoms with Crippen LogP contribution < -0.4 is 0 Å². The van der Waals surface area contributed by atoms with E-state index in [1.807, 2.05) is 20.8 Å². The first-order valence-electron chi connectivity index (χ1n) is 9.01. The number of alkyl halides is 6. The fourth-order valence-corrected chi connectivity index (χ4v) is 4.21. The maximum absolute atomic E-state index is 13.8. The SMILES string of the molecule is CC(C)C1=C[C+](C(F)(F)F)C(=C=C2C(Br)=CC(C(C)(C)C)=C[C-]2Br)C(C(F)(F)F)=C1. The highest BCUT2D eigenvalue weighted by Crippen LogP contribution is 2.49. The van der Waals surface area contributed by atoms with Crippen LogP contribution in [0.1, 0.15) is 34.6 Å². The number of hydrogen-bond donors (Lipinski definition) is 0. The molecule has 0 heterocycles. The normalized spacial score (nSPS) is 18.9. The summed E-state index contributed by atoms with van der Waals surface area (Å²) in [7, 11) is 0. The van der Waals surface area contributed by atoms with E-state index < -0.39 is 35.3 Å². The molecular formula is C22H20Br2F6. The van der Waals surface area contributed by atoms with Gasteiger partial charge in [-0.2, -0.15) is 26.3 Å². The first-order chi connectivity index (χ1) is 13.4. The van der Waals surface area contributed by atoms with Gasteiger partial charge in [-0.15, -0.1) is 49.6 Å². The van der Waals surface area contributed by atoms with E-state index in [0.717, 1.165) is 17.7 Å². The van der Waals surface area contributed by atoms with E-state index in [1.165, 1.54) is 0 Å². The zero-order valence-corrected chi connectivity index (χ0v) is 20.1. The van der Waals surface area contributed by atoms with E-state index in [0.29, 0.717) is 9.31 Å². The Morgan fingerprint density at radius 2 is 1.60 bits per heavy atom. The number of rotatable bonds is 1. The fraction of sp³-hybridized carbons (Fsp3) is 0.409. The third-order valence-corrected chi connectivity index (χ3v) is 5.85. The van der Waals surface area contributed by atoms with Crippen LogP contribution >= 0.6 is 31.9 Å². The van der Waals surface area contributed by atoms with E-state index >= 15 is 0 Å². The van der Waals surface area contributed by atoms with Gasteiger partial charge in [0.15, 0.2) is 0 Å². The number of halogens is 8. The average Bonchev–Trinajstić information content (AvgIpc) is 2.54. The smallest absolute Gasteiger partial charge is 0.203 e. The molecule has 0 saturated heterocycles. The molecule has 0 amide bonds. The van der Waals surface area contributed by atoms with Crippen molar-refractivity contribution in [3.63, 3.8) is 0 Å². The van der Waals surface area contributed by atoms with Crippen molar-refractivity contribution in [2.75, 3.05) is 0 Å². The molecule has 0 unspecified atom stereocenters. The second-order valence-corrected chi connectivity index (χ2v) is 10.0. The van der Waals surface area contributed by atoms with Gasteiger partial charge in [0.2, 0.25) is 0 Å². The molecular weight excluding hydrogens is 538 g/mol. The van der Waals surface area contributed by atoms with Crippen molar-refractivity contribution in [1.29, 1.82) is 0 Å². The first-order valence-corrected chi connectivity index (χ1v) is 10.6. The Morgan fingerprint density at radius 1 is 1.03 bits per heavy atom. The Morgan fingerprint density at radius 3 is 2.00 bits per heavy atom. The molecule has 0 bridgehead atoms. The maximum atomic E-state index is 13.8. The third kappa shape index (κ3) is 5.51. The Hall–Kier alpha value is -1.24. The highest BCUT2D eigenvalue weighted by molar-refractivity contribution is 9.12. The largest absolute Gasteiger partial charge is 0.454 e. The molecule has 8 heteroatoms. The summed E-state index contributed by atoms with van der Waals surface area (Å²) in [5.74, 6) is -1.87. The van der Waals surface area contributed by atoms with Crippen LogP contribution in [0, 0.1) is 22.1 Å². The van der Waals surface area contributed by atoms with Crippen LogP contribution in [0.3, 0.4) is 0 Å². The molecule has 0 fully saturated rings. The molecule has 164 valence electrons. The van der Waals surface area contributed by atoms with Gasteiger partial charge in [0, 0.05) is 23.6 Å². The fourth-order valence-electron chi connectivity index (χ4n) is 2.83. The summed E-state index contributed by atoms with van der Waals surface area (Å²) in [5, 5.41) is 0. The second kappa shape index (κ2) is 8.36. The summed E-state index contributed by atoms with van der Waals surface area (Å²) < 4.78 is 82.9. The van der Waals surface area contributed by atoms with Crippen LogP contribution in [0.25, 0.3) is 0 Å². The topological polar surface area (TPSA) is 0 Å². The van der Waals surface area contributed by atoms with Gasteiger partial charge in [-0.05, 0) is 19.3 Å². The predicted octanol–water partition coefficient (Wildman–Crippen LogP) is 8.85. The van der Waals surface area contributed by atoms with Crippen molar-refractivity contribution in [1.82, 2.24) is 0 Å². The molecule has 30 heavy (non-hydrogen) atoms. The van der Waals surface area contributed by atoms with Crippen LogP contribution in [0.2, 0.25) is 0 Å². The molecule has 2 rings (SSSR count). The Kier molecular flexibility index (Phi) is 6.97. The van der Waals surface area contributed by atoms with E-state index in [-0.39, 0.29) is 16.6 Å². The van der Waals surface area contributed by atoms with Gasteiger partial charge in [-0.1, -0.05) is 35.7 Å². The lowest BCUT2D eigenvalue weighted by atomic mass is 9.80. The highest BCUT2D eigenvalue weighted by Gasteiger charge is 2.53. The van der Waals surface area contributed by atoms with Gasteiger partial charge in [0.05, 0.1) is 5.57 Å². The van der Waals surface area contributed by atoms with Crippen LogP contribution in [0.4, 0.5) is 26.3 Å². The van der Waals surface area contributed by atoms with Crippen LogP contribution in [-0.2, 0) is 0 Å². The number of hydrogen-bond acceptors (Lipinski definition) is 0. The molecule has 2 aliphatic carbocycles. The second-order valence-electron chi connectivity index (χ2n) is 8.33. The van der Waals surface area contributed by atoms with Crippen molar-refractivity contribution in [3.8, 4) is 0 Å². The van der Waals surface area contributed by atoms with Crippen LogP contribution in [0.5, 0.6) is 0 Å². The molecule has 0 aromatic carbocycles. The van der Waals surface area contributed by atoms with Gasteiger partial charge in [0.25, 0.3) is 0 Å². The molecule has 0 spiro atoms. The van der Waals surface area contributed by atoms with Gasteiger partial charge in [-0.3, -0.25) is 0 Å². The quantitative estimate of drug-likeness (QED) is 0.171. The van der Waals surface area contributed by atoms with E-state index in [2.05, 4.69) is 37.6 Å². The zero-order chi connectivity index (χ0) is 23.2. The lowest BCUT2D eigenvalue weighted by Crippen LogP contribution is -2.29. The maximum Gasteiger partial charge on any atom is 0.454 e. The van der Waals surface area contributed by atoms with Crippen LogP contribution in [-0.4, -0.2) is 12.4 Å². The molecule has 0 atom stereocenters. The number of allylic oxidation sites excluding steroid dienone is 9. The Balaban J connectivity index is 2.81. The van der Waals surface area contributed by atoms with Gasteiger partial charge >= 0.3 is 12.4 Å². The molecule has 0 radical (unpaired) electrons. The van der Waals surface area contributed by atoms with Crippen molar-refractivity contribution < 1.29 is 26.3 Å². The highest BCUT2D eigenvalue weighted by atomic mass is 79.9. The lowest BCUT2D eigenvalue weighted by Gasteiger charge is -2.33. The molecule has 0 saturated carbocycles. The molecule has 0 N–H and O–H groups in total. The minimum Gasteiger partial charge on any atom is -0.203 e. The third-order valence-electron chi connectivity index (χ3n) is 4.60. The monoisotopic (exact) mass is 556 g/mol. The van der Waals surface area contributed by atoms with E-state index in [1.54, 1.807) is 26.0 Å². The minimum atomic E-state index is -4.97. The summed E-state index contributed by atoms with van der Waals surface area (Å²) in [5.41, 5.74) is 0.645. The van der Waals surface area contributed by atoms with Gasteiger partial charge in [0.1, 0.15) is 11.5 Å². The summed E-state index contributed by atoms with van der Waals surface area (Å²) in [6, 6.07) is 0. The van der Waals surface area contributed by atoms with E-state index in [4.69, 9.17) is 0 Å². The molecule has 0 aliphatic heterocycles. The summed E-state index contributed by atoms with van der Waals surface area (Å²) in [4.78, 5) is 0.344. The van der Waals surface area contributed by atoms with Gasteiger partial charge < -0.3 is 0 Å². The van der Waals surface area contributed by atoms with Crippen molar-refractivity contribution in [3.05, 3.63) is 73.1 Å². The molecule has 0 aromatic heterocycles. The predicted molar refractivity (Wildman–Crippen MR) is 114 cm³/mol. The average molecular weight is 558 g/mol. The molecule has 0 aromatic rings. The van der Waals surface area contributed by atoms with E-state index in [9.17, 15) is 26.3 Å². The van der Waals surface area contributed by atoms with Crippen LogP contribution in [0.15, 0.2) is 62.4 Å². The lowest BCUT2D eigenvalue weighted by molar-refractivity contribution is -0.109. The van der Waals surface area contributed by atoms with Gasteiger partial charge in [-0.25, -0.2) is 5.73 Å². The summed E-state index contributed by atoms with van der Waals surface area (Å²) >= 11 is 6.56. The standard InChI is InChI=1S/C22H20Br2F6/c1-11(2)12-6-16(21(25,26)27)14(17(7-12)22(28,29)30)10-15-18(23)8-13(9-19(15)24)20(3,4)5/h6-9,11H,1-5H3. The zero-order valence-electron chi connectivity index (χ0n) is 16.9. The molecule has 0 nitrogen and oxygen atoms in total. The Bertz CT molecular complexity index is 895. The molecule has 2 aliphatic rings. The summed E-state index contributed by atoms with van der Waals surface area (Å²) in [6.07, 6.45) is -5.05. The first kappa shape index (κ1) is 25.0. The van der Waals surface area contributed by atoms with Crippen molar-refractivity contribution >= 4 is 31.9 Å². The minimum absolute atomic E-state index is 0.0404. The van der Waals surface area contributed by atoms with Crippen molar-refractivity contribution in [2.24, 2.45) is 11.3 Å². The Labute approximate surface area is 189 Å². The summed E-state index contributed by atoms with van der Waals surface area (Å²) in [6.45, 7) is 8.93.